The van der Waals surface area contributed by atoms with Crippen LogP contribution in [-0.4, -0.2) is 27.0 Å². The van der Waals surface area contributed by atoms with Crippen molar-refractivity contribution in [1.82, 2.24) is 19.9 Å². The molecule has 0 bridgehead atoms. The average Bonchev–Trinajstić information content (AvgIpc) is 2.88. The summed E-state index contributed by atoms with van der Waals surface area (Å²) in [5, 5.41) is 0. The fraction of sp³-hybridized carbons (Fsp3) is 0.154. The van der Waals surface area contributed by atoms with Gasteiger partial charge in [-0.2, -0.15) is 4.98 Å². The highest BCUT2D eigenvalue weighted by Crippen LogP contribution is 2.18. The molecule has 96 valence electrons. The second-order valence-electron chi connectivity index (χ2n) is 4.15. The molecule has 0 atom stereocenters. The van der Waals surface area contributed by atoms with Gasteiger partial charge in [0, 0.05) is 6.42 Å². The minimum Gasteiger partial charge on any atom is -0.497 e. The maximum Gasteiger partial charge on any atom is 0.222 e. The number of aromatic amines is 1. The molecule has 0 aliphatic rings. The molecule has 6 nitrogen and oxygen atoms in total. The predicted molar refractivity (Wildman–Crippen MR) is 71.9 cm³/mol. The number of imidazole rings is 1. The van der Waals surface area contributed by atoms with Crippen molar-refractivity contribution in [1.29, 1.82) is 0 Å². The molecular formula is C13H13N5O. The number of H-pyrrole nitrogens is 1. The third-order valence-electron chi connectivity index (χ3n) is 2.90. The SMILES string of the molecule is COc1ccc(Cc2nc(N)nc3[nH]cnc23)cc1. The highest BCUT2D eigenvalue weighted by atomic mass is 16.5. The van der Waals surface area contributed by atoms with Crippen molar-refractivity contribution in [3.63, 3.8) is 0 Å². The lowest BCUT2D eigenvalue weighted by Crippen LogP contribution is -2.01. The number of fused-ring (bicyclic) bond motifs is 1. The first-order valence-electron chi connectivity index (χ1n) is 5.84. The fourth-order valence-electron chi connectivity index (χ4n) is 1.97. The Balaban J connectivity index is 1.97. The first-order chi connectivity index (χ1) is 9.26. The smallest absolute Gasteiger partial charge is 0.222 e. The van der Waals surface area contributed by atoms with Crippen LogP contribution in [0.4, 0.5) is 5.95 Å². The van der Waals surface area contributed by atoms with Crippen LogP contribution in [0.15, 0.2) is 30.6 Å². The van der Waals surface area contributed by atoms with Gasteiger partial charge in [-0.05, 0) is 17.7 Å². The van der Waals surface area contributed by atoms with E-state index >= 15 is 0 Å². The van der Waals surface area contributed by atoms with E-state index in [0.29, 0.717) is 12.1 Å². The summed E-state index contributed by atoms with van der Waals surface area (Å²) in [5.74, 6) is 1.08. The van der Waals surface area contributed by atoms with E-state index in [4.69, 9.17) is 10.5 Å². The Bertz CT molecular complexity index is 705. The second kappa shape index (κ2) is 4.56. The number of hydrogen-bond acceptors (Lipinski definition) is 5. The predicted octanol–water partition coefficient (Wildman–Crippen LogP) is 1.53. The van der Waals surface area contributed by atoms with Crippen LogP contribution < -0.4 is 10.5 Å². The number of rotatable bonds is 3. The maximum atomic E-state index is 5.69. The molecule has 3 rings (SSSR count). The third-order valence-corrected chi connectivity index (χ3v) is 2.90. The van der Waals surface area contributed by atoms with Gasteiger partial charge in [0.15, 0.2) is 5.65 Å². The third kappa shape index (κ3) is 2.20. The van der Waals surface area contributed by atoms with E-state index in [1.165, 1.54) is 0 Å². The Labute approximate surface area is 109 Å². The van der Waals surface area contributed by atoms with E-state index in [2.05, 4.69) is 19.9 Å². The molecule has 0 saturated carbocycles. The van der Waals surface area contributed by atoms with Gasteiger partial charge >= 0.3 is 0 Å². The Kier molecular flexibility index (Phi) is 2.75. The number of hydrogen-bond donors (Lipinski definition) is 2. The van der Waals surface area contributed by atoms with Gasteiger partial charge in [0.2, 0.25) is 5.95 Å². The van der Waals surface area contributed by atoms with Gasteiger partial charge in [-0.3, -0.25) is 0 Å². The van der Waals surface area contributed by atoms with E-state index < -0.39 is 0 Å². The van der Waals surface area contributed by atoms with E-state index in [1.807, 2.05) is 24.3 Å². The van der Waals surface area contributed by atoms with Crippen LogP contribution in [0.1, 0.15) is 11.3 Å². The highest BCUT2D eigenvalue weighted by Gasteiger charge is 2.09. The average molecular weight is 255 g/mol. The topological polar surface area (TPSA) is 89.7 Å². The molecule has 19 heavy (non-hydrogen) atoms. The van der Waals surface area contributed by atoms with Crippen molar-refractivity contribution < 1.29 is 4.74 Å². The molecule has 0 saturated heterocycles. The van der Waals surface area contributed by atoms with Gasteiger partial charge in [0.1, 0.15) is 11.3 Å². The van der Waals surface area contributed by atoms with Gasteiger partial charge in [0.25, 0.3) is 0 Å². The van der Waals surface area contributed by atoms with Gasteiger partial charge in [-0.15, -0.1) is 0 Å². The number of methoxy groups -OCH3 is 1. The summed E-state index contributed by atoms with van der Waals surface area (Å²) in [6, 6.07) is 7.83. The molecule has 2 aromatic heterocycles. The van der Waals surface area contributed by atoms with Crippen LogP contribution in [0.3, 0.4) is 0 Å². The van der Waals surface area contributed by atoms with Crippen LogP contribution in [0.5, 0.6) is 5.75 Å². The lowest BCUT2D eigenvalue weighted by atomic mass is 10.1. The van der Waals surface area contributed by atoms with Crippen molar-refractivity contribution in [3.8, 4) is 5.75 Å². The molecule has 0 unspecified atom stereocenters. The molecule has 0 aliphatic heterocycles. The van der Waals surface area contributed by atoms with E-state index in [0.717, 1.165) is 22.5 Å². The summed E-state index contributed by atoms with van der Waals surface area (Å²) in [7, 11) is 1.65. The summed E-state index contributed by atoms with van der Waals surface area (Å²) in [5.41, 5.74) is 9.04. The number of nitrogens with zero attached hydrogens (tertiary/aromatic N) is 3. The van der Waals surface area contributed by atoms with Crippen LogP contribution in [-0.2, 0) is 6.42 Å². The molecule has 0 radical (unpaired) electrons. The van der Waals surface area contributed by atoms with Crippen LogP contribution in [0, 0.1) is 0 Å². The minimum absolute atomic E-state index is 0.250. The largest absolute Gasteiger partial charge is 0.497 e. The Morgan fingerprint density at radius 3 is 2.74 bits per heavy atom. The Hall–Kier alpha value is -2.63. The monoisotopic (exact) mass is 255 g/mol. The quantitative estimate of drug-likeness (QED) is 0.740. The van der Waals surface area contributed by atoms with Gasteiger partial charge in [0.05, 0.1) is 19.1 Å². The lowest BCUT2D eigenvalue weighted by Gasteiger charge is -2.04. The van der Waals surface area contributed by atoms with Crippen molar-refractivity contribution in [2.75, 3.05) is 12.8 Å². The summed E-state index contributed by atoms with van der Waals surface area (Å²) in [6.07, 6.45) is 2.24. The van der Waals surface area contributed by atoms with Crippen molar-refractivity contribution in [3.05, 3.63) is 41.9 Å². The van der Waals surface area contributed by atoms with Gasteiger partial charge in [-0.1, -0.05) is 12.1 Å². The molecule has 0 amide bonds. The zero-order valence-electron chi connectivity index (χ0n) is 10.4. The highest BCUT2D eigenvalue weighted by molar-refractivity contribution is 5.74. The fourth-order valence-corrected chi connectivity index (χ4v) is 1.97. The molecular weight excluding hydrogens is 242 g/mol. The Morgan fingerprint density at radius 1 is 1.21 bits per heavy atom. The summed E-state index contributed by atoms with van der Waals surface area (Å²) < 4.78 is 5.13. The molecule has 0 aliphatic carbocycles. The number of aromatic nitrogens is 4. The Morgan fingerprint density at radius 2 is 2.00 bits per heavy atom. The van der Waals surface area contributed by atoms with Crippen molar-refractivity contribution in [2.45, 2.75) is 6.42 Å². The van der Waals surface area contributed by atoms with E-state index in [-0.39, 0.29) is 5.95 Å². The van der Waals surface area contributed by atoms with Crippen molar-refractivity contribution in [2.24, 2.45) is 0 Å². The zero-order chi connectivity index (χ0) is 13.2. The van der Waals surface area contributed by atoms with Crippen LogP contribution in [0.25, 0.3) is 11.2 Å². The molecule has 3 aromatic rings. The molecule has 3 N–H and O–H groups in total. The molecule has 1 aromatic carbocycles. The first kappa shape index (κ1) is 11.5. The number of nitrogens with one attached hydrogen (secondary N) is 1. The van der Waals surface area contributed by atoms with Gasteiger partial charge in [-0.25, -0.2) is 9.97 Å². The number of nitrogen functional groups attached to an aromatic ring is 1. The maximum absolute atomic E-state index is 5.69. The zero-order valence-corrected chi connectivity index (χ0v) is 10.4. The lowest BCUT2D eigenvalue weighted by molar-refractivity contribution is 0.414. The standard InChI is InChI=1S/C13H13N5O/c1-19-9-4-2-8(3-5-9)6-10-11-12(16-7-15-11)18-13(14)17-10/h2-5,7H,6H2,1H3,(H3,14,15,16,17,18). The summed E-state index contributed by atoms with van der Waals surface area (Å²) in [6.45, 7) is 0. The van der Waals surface area contributed by atoms with Crippen LogP contribution >= 0.6 is 0 Å². The first-order valence-corrected chi connectivity index (χ1v) is 5.84. The summed E-state index contributed by atoms with van der Waals surface area (Å²) >= 11 is 0. The molecule has 0 fully saturated rings. The number of anilines is 1. The van der Waals surface area contributed by atoms with Crippen molar-refractivity contribution >= 4 is 17.1 Å². The normalized spacial score (nSPS) is 10.8. The number of nitrogens with two attached hydrogens (primary N) is 1. The minimum atomic E-state index is 0.250. The van der Waals surface area contributed by atoms with E-state index in [9.17, 15) is 0 Å². The molecule has 2 heterocycles. The molecule has 0 spiro atoms. The van der Waals surface area contributed by atoms with Crippen LogP contribution in [0.2, 0.25) is 0 Å². The second-order valence-corrected chi connectivity index (χ2v) is 4.15. The number of benzene rings is 1. The molecule has 6 heteroatoms. The summed E-state index contributed by atoms with van der Waals surface area (Å²) in [4.78, 5) is 15.5. The number of ether oxygens (including phenoxy) is 1. The van der Waals surface area contributed by atoms with Gasteiger partial charge < -0.3 is 15.5 Å². The van der Waals surface area contributed by atoms with E-state index in [1.54, 1.807) is 13.4 Å².